The third-order valence-electron chi connectivity index (χ3n) is 5.67. The number of nitrogens with zero attached hydrogens (tertiary/aromatic N) is 2. The van der Waals surface area contributed by atoms with Crippen LogP contribution in [0.5, 0.6) is 5.75 Å². The van der Waals surface area contributed by atoms with Crippen LogP contribution in [0.3, 0.4) is 0 Å². The zero-order valence-electron chi connectivity index (χ0n) is 18.6. The third kappa shape index (κ3) is 6.42. The second kappa shape index (κ2) is 11.7. The maximum absolute atomic E-state index is 13.4. The number of ether oxygens (including phenoxy) is 2. The van der Waals surface area contributed by atoms with Crippen LogP contribution in [-0.4, -0.2) is 64.4 Å². The first kappa shape index (κ1) is 23.0. The van der Waals surface area contributed by atoms with Crippen molar-refractivity contribution in [2.45, 2.75) is 18.9 Å². The number of methoxy groups -OCH3 is 1. The van der Waals surface area contributed by atoms with Gasteiger partial charge >= 0.3 is 0 Å². The van der Waals surface area contributed by atoms with Crippen LogP contribution in [0, 0.1) is 5.82 Å². The van der Waals surface area contributed by atoms with Crippen LogP contribution >= 0.6 is 0 Å². The van der Waals surface area contributed by atoms with E-state index in [2.05, 4.69) is 33.5 Å². The highest BCUT2D eigenvalue weighted by Gasteiger charge is 2.23. The molecule has 7 heteroatoms. The molecule has 2 unspecified atom stereocenters. The van der Waals surface area contributed by atoms with Crippen molar-refractivity contribution < 1.29 is 13.9 Å². The van der Waals surface area contributed by atoms with Gasteiger partial charge in [-0.05, 0) is 29.3 Å². The summed E-state index contributed by atoms with van der Waals surface area (Å²) in [6.45, 7) is 6.66. The second-order valence-corrected chi connectivity index (χ2v) is 7.69. The fourth-order valence-corrected chi connectivity index (χ4v) is 3.88. The monoisotopic (exact) mass is 428 g/mol. The summed E-state index contributed by atoms with van der Waals surface area (Å²) in [5.41, 5.74) is 2.24. The van der Waals surface area contributed by atoms with Gasteiger partial charge in [-0.1, -0.05) is 37.3 Å². The topological polar surface area (TPSA) is 58.1 Å². The molecule has 1 saturated heterocycles. The average molecular weight is 429 g/mol. The number of morpholine rings is 1. The highest BCUT2D eigenvalue weighted by Crippen LogP contribution is 2.25. The quantitative estimate of drug-likeness (QED) is 0.500. The van der Waals surface area contributed by atoms with Crippen molar-refractivity contribution in [3.8, 4) is 5.75 Å². The largest absolute Gasteiger partial charge is 0.496 e. The number of benzene rings is 2. The van der Waals surface area contributed by atoms with E-state index in [4.69, 9.17) is 9.47 Å². The van der Waals surface area contributed by atoms with Crippen LogP contribution < -0.4 is 15.4 Å². The fourth-order valence-electron chi connectivity index (χ4n) is 3.88. The summed E-state index contributed by atoms with van der Waals surface area (Å²) in [6.07, 6.45) is 0. The van der Waals surface area contributed by atoms with Crippen LogP contribution in [0.15, 0.2) is 53.5 Å². The Morgan fingerprint density at radius 2 is 1.77 bits per heavy atom. The zero-order valence-corrected chi connectivity index (χ0v) is 18.6. The molecule has 2 aromatic carbocycles. The molecule has 168 valence electrons. The minimum Gasteiger partial charge on any atom is -0.496 e. The van der Waals surface area contributed by atoms with Gasteiger partial charge in [-0.3, -0.25) is 9.89 Å². The number of hydrogen-bond acceptors (Lipinski definition) is 4. The van der Waals surface area contributed by atoms with Gasteiger partial charge in [-0.15, -0.1) is 0 Å². The highest BCUT2D eigenvalue weighted by molar-refractivity contribution is 5.79. The SMILES string of the molecule is CN=C(NCC(C)c1ccccc1OC)NCC(c1ccc(F)cc1)N1CCOCC1. The third-order valence-corrected chi connectivity index (χ3v) is 5.67. The molecule has 0 spiro atoms. The van der Waals surface area contributed by atoms with Gasteiger partial charge in [0.25, 0.3) is 0 Å². The molecule has 0 radical (unpaired) electrons. The van der Waals surface area contributed by atoms with E-state index < -0.39 is 0 Å². The predicted molar refractivity (Wildman–Crippen MR) is 122 cm³/mol. The number of nitrogens with one attached hydrogen (secondary N) is 2. The minimum atomic E-state index is -0.222. The highest BCUT2D eigenvalue weighted by atomic mass is 19.1. The van der Waals surface area contributed by atoms with E-state index in [-0.39, 0.29) is 17.8 Å². The summed E-state index contributed by atoms with van der Waals surface area (Å²) in [4.78, 5) is 6.75. The van der Waals surface area contributed by atoms with Crippen molar-refractivity contribution >= 4 is 5.96 Å². The summed E-state index contributed by atoms with van der Waals surface area (Å²) < 4.78 is 24.4. The smallest absolute Gasteiger partial charge is 0.191 e. The van der Waals surface area contributed by atoms with Gasteiger partial charge in [0.1, 0.15) is 11.6 Å². The van der Waals surface area contributed by atoms with Crippen LogP contribution in [0.4, 0.5) is 4.39 Å². The van der Waals surface area contributed by atoms with Crippen molar-refractivity contribution in [2.75, 3.05) is 53.6 Å². The van der Waals surface area contributed by atoms with E-state index >= 15 is 0 Å². The van der Waals surface area contributed by atoms with E-state index in [9.17, 15) is 4.39 Å². The molecule has 0 aliphatic carbocycles. The molecule has 2 N–H and O–H groups in total. The molecular formula is C24H33FN4O2. The van der Waals surface area contributed by atoms with E-state index in [1.54, 1.807) is 14.2 Å². The molecule has 0 aromatic heterocycles. The summed E-state index contributed by atoms with van der Waals surface area (Å²) in [5, 5.41) is 6.86. The minimum absolute atomic E-state index is 0.106. The van der Waals surface area contributed by atoms with E-state index in [0.717, 1.165) is 42.5 Å². The van der Waals surface area contributed by atoms with Gasteiger partial charge in [0.15, 0.2) is 5.96 Å². The van der Waals surface area contributed by atoms with E-state index in [1.165, 1.54) is 12.1 Å². The summed E-state index contributed by atoms with van der Waals surface area (Å²) in [6, 6.07) is 14.9. The van der Waals surface area contributed by atoms with Crippen molar-refractivity contribution in [1.29, 1.82) is 0 Å². The molecule has 1 heterocycles. The lowest BCUT2D eigenvalue weighted by molar-refractivity contribution is 0.0170. The number of guanidine groups is 1. The van der Waals surface area contributed by atoms with Gasteiger partial charge < -0.3 is 20.1 Å². The van der Waals surface area contributed by atoms with Crippen molar-refractivity contribution in [3.05, 3.63) is 65.5 Å². The molecule has 1 aliphatic heterocycles. The average Bonchev–Trinajstić information content (AvgIpc) is 2.82. The molecule has 0 saturated carbocycles. The second-order valence-electron chi connectivity index (χ2n) is 7.69. The lowest BCUT2D eigenvalue weighted by Crippen LogP contribution is -2.46. The summed E-state index contributed by atoms with van der Waals surface area (Å²) in [5.74, 6) is 1.66. The molecule has 1 fully saturated rings. The zero-order chi connectivity index (χ0) is 22.1. The molecule has 0 bridgehead atoms. The Bertz CT molecular complexity index is 838. The summed E-state index contributed by atoms with van der Waals surface area (Å²) in [7, 11) is 3.46. The molecule has 2 aromatic rings. The number of hydrogen-bond donors (Lipinski definition) is 2. The van der Waals surface area contributed by atoms with Crippen LogP contribution in [0.25, 0.3) is 0 Å². The Labute approximate surface area is 184 Å². The summed E-state index contributed by atoms with van der Waals surface area (Å²) >= 11 is 0. The maximum atomic E-state index is 13.4. The standard InChI is InChI=1S/C24H33FN4O2/c1-18(21-6-4-5-7-23(21)30-3)16-27-24(26-2)28-17-22(29-12-14-31-15-13-29)19-8-10-20(25)11-9-19/h4-11,18,22H,12-17H2,1-3H3,(H2,26,27,28). The molecule has 3 rings (SSSR count). The molecule has 6 nitrogen and oxygen atoms in total. The van der Waals surface area contributed by atoms with Crippen molar-refractivity contribution in [2.24, 2.45) is 4.99 Å². The number of halogens is 1. The van der Waals surface area contributed by atoms with Gasteiger partial charge in [-0.2, -0.15) is 0 Å². The Hall–Kier alpha value is -2.64. The first-order valence-electron chi connectivity index (χ1n) is 10.8. The Morgan fingerprint density at radius 3 is 2.45 bits per heavy atom. The van der Waals surface area contributed by atoms with Crippen LogP contribution in [0.2, 0.25) is 0 Å². The lowest BCUT2D eigenvalue weighted by atomic mass is 10.0. The molecule has 0 amide bonds. The molecule has 31 heavy (non-hydrogen) atoms. The van der Waals surface area contributed by atoms with Crippen molar-refractivity contribution in [3.63, 3.8) is 0 Å². The first-order chi connectivity index (χ1) is 15.1. The Kier molecular flexibility index (Phi) is 8.67. The Morgan fingerprint density at radius 1 is 1.10 bits per heavy atom. The number of para-hydroxylation sites is 1. The molecule has 1 aliphatic rings. The van der Waals surface area contributed by atoms with E-state index in [1.807, 2.05) is 30.3 Å². The Balaban J connectivity index is 1.61. The van der Waals surface area contributed by atoms with E-state index in [0.29, 0.717) is 19.8 Å². The lowest BCUT2D eigenvalue weighted by Gasteiger charge is -2.35. The normalized spacial score (nSPS) is 17.1. The van der Waals surface area contributed by atoms with Gasteiger partial charge in [0.2, 0.25) is 0 Å². The number of aliphatic imine (C=N–C) groups is 1. The molecular weight excluding hydrogens is 395 g/mol. The van der Waals surface area contributed by atoms with Gasteiger partial charge in [0.05, 0.1) is 26.4 Å². The molecule has 2 atom stereocenters. The van der Waals surface area contributed by atoms with Crippen molar-refractivity contribution in [1.82, 2.24) is 15.5 Å². The fraction of sp³-hybridized carbons (Fsp3) is 0.458. The maximum Gasteiger partial charge on any atom is 0.191 e. The van der Waals surface area contributed by atoms with Gasteiger partial charge in [0, 0.05) is 39.1 Å². The first-order valence-corrected chi connectivity index (χ1v) is 10.8. The van der Waals surface area contributed by atoms with Gasteiger partial charge in [-0.25, -0.2) is 4.39 Å². The van der Waals surface area contributed by atoms with Crippen LogP contribution in [0.1, 0.15) is 30.0 Å². The predicted octanol–water partition coefficient (Wildman–Crippen LogP) is 3.18. The number of rotatable bonds is 8. The van der Waals surface area contributed by atoms with Crippen LogP contribution in [-0.2, 0) is 4.74 Å².